The van der Waals surface area contributed by atoms with Gasteiger partial charge in [0.2, 0.25) is 0 Å². The van der Waals surface area contributed by atoms with E-state index >= 15 is 0 Å². The lowest BCUT2D eigenvalue weighted by Crippen LogP contribution is -2.12. The first kappa shape index (κ1) is 14.3. The number of hydrogen-bond acceptors (Lipinski definition) is 5. The summed E-state index contributed by atoms with van der Waals surface area (Å²) in [7, 11) is 0. The molecule has 9 heteroatoms. The molecule has 104 valence electrons. The number of aryl methyl sites for hydroxylation is 1. The molecule has 0 saturated carbocycles. The molecule has 0 aliphatic carbocycles. The fourth-order valence-corrected chi connectivity index (χ4v) is 2.05. The van der Waals surface area contributed by atoms with Crippen LogP contribution in [0, 0.1) is 17.0 Å². The molecule has 1 N–H and O–H groups in total. The van der Waals surface area contributed by atoms with Crippen molar-refractivity contribution < 1.29 is 14.1 Å². The average Bonchev–Trinajstić information content (AvgIpc) is 2.83. The Kier molecular flexibility index (Phi) is 3.91. The summed E-state index contributed by atoms with van der Waals surface area (Å²) in [5, 5.41) is 13.2. The first-order chi connectivity index (χ1) is 9.38. The number of nitrogens with one attached hydrogen (secondary N) is 1. The molecular formula is C11H7Cl2N3O4. The number of amides is 1. The molecular weight excluding hydrogens is 309 g/mol. The van der Waals surface area contributed by atoms with E-state index < -0.39 is 16.7 Å². The quantitative estimate of drug-likeness (QED) is 0.531. The third kappa shape index (κ3) is 2.89. The van der Waals surface area contributed by atoms with Gasteiger partial charge in [-0.1, -0.05) is 23.2 Å². The lowest BCUT2D eigenvalue weighted by atomic mass is 10.2. The number of anilines is 1. The third-order valence-electron chi connectivity index (χ3n) is 2.38. The van der Waals surface area contributed by atoms with Crippen LogP contribution in [0.15, 0.2) is 22.6 Å². The zero-order chi connectivity index (χ0) is 14.9. The third-order valence-corrected chi connectivity index (χ3v) is 2.84. The largest absolute Gasteiger partial charge is 0.433 e. The fourth-order valence-electron chi connectivity index (χ4n) is 1.47. The number of nitro groups is 1. The molecule has 0 fully saturated rings. The van der Waals surface area contributed by atoms with Crippen LogP contribution in [0.3, 0.4) is 0 Å². The van der Waals surface area contributed by atoms with Crippen LogP contribution in [0.1, 0.15) is 16.1 Å². The predicted octanol–water partition coefficient (Wildman–Crippen LogP) is 3.45. The summed E-state index contributed by atoms with van der Waals surface area (Å²) in [4.78, 5) is 25.4. The molecule has 7 nitrogen and oxygen atoms in total. The highest BCUT2D eigenvalue weighted by Crippen LogP contribution is 2.27. The van der Waals surface area contributed by atoms with Crippen LogP contribution in [0.2, 0.25) is 10.3 Å². The minimum Gasteiger partial charge on any atom is -0.395 e. The summed E-state index contributed by atoms with van der Waals surface area (Å²) < 4.78 is 4.78. The van der Waals surface area contributed by atoms with Crippen LogP contribution in [0.4, 0.5) is 11.6 Å². The monoisotopic (exact) mass is 315 g/mol. The standard InChI is InChI=1S/C11H7Cl2N3O4/c1-5-4-7(12)14-10(13)9(5)15-11(17)6-2-3-8(20-6)16(18)19/h2-4H,1H3,(H,15,17). The van der Waals surface area contributed by atoms with Crippen molar-refractivity contribution in [2.45, 2.75) is 6.92 Å². The van der Waals surface area contributed by atoms with Gasteiger partial charge in [0.1, 0.15) is 10.1 Å². The Morgan fingerprint density at radius 1 is 1.45 bits per heavy atom. The van der Waals surface area contributed by atoms with E-state index in [4.69, 9.17) is 27.6 Å². The summed E-state index contributed by atoms with van der Waals surface area (Å²) in [6.45, 7) is 1.68. The molecule has 0 atom stereocenters. The lowest BCUT2D eigenvalue weighted by molar-refractivity contribution is -0.402. The highest BCUT2D eigenvalue weighted by atomic mass is 35.5. The van der Waals surface area contributed by atoms with E-state index in [0.29, 0.717) is 5.56 Å². The summed E-state index contributed by atoms with van der Waals surface area (Å²) in [6.07, 6.45) is 0. The van der Waals surface area contributed by atoms with Crippen molar-refractivity contribution in [1.82, 2.24) is 4.98 Å². The molecule has 0 aliphatic rings. The van der Waals surface area contributed by atoms with E-state index in [9.17, 15) is 14.9 Å². The minimum atomic E-state index is -0.737. The summed E-state index contributed by atoms with van der Waals surface area (Å²) in [5.74, 6) is -1.40. The van der Waals surface area contributed by atoms with E-state index in [2.05, 4.69) is 10.3 Å². The molecule has 20 heavy (non-hydrogen) atoms. The number of carbonyl (C=O) groups excluding carboxylic acids is 1. The minimum absolute atomic E-state index is 0.0180. The van der Waals surface area contributed by atoms with Crippen molar-refractivity contribution >= 4 is 40.7 Å². The highest BCUT2D eigenvalue weighted by Gasteiger charge is 2.19. The van der Waals surface area contributed by atoms with Gasteiger partial charge < -0.3 is 9.73 Å². The Hall–Kier alpha value is -2.12. The second-order valence-corrected chi connectivity index (χ2v) is 4.52. The van der Waals surface area contributed by atoms with Crippen molar-refractivity contribution in [2.75, 3.05) is 5.32 Å². The highest BCUT2D eigenvalue weighted by molar-refractivity contribution is 6.35. The normalized spacial score (nSPS) is 10.3. The Bertz CT molecular complexity index is 676. The van der Waals surface area contributed by atoms with E-state index in [-0.39, 0.29) is 21.8 Å². The van der Waals surface area contributed by atoms with Crippen molar-refractivity contribution in [1.29, 1.82) is 0 Å². The number of rotatable bonds is 3. The Morgan fingerprint density at radius 3 is 2.70 bits per heavy atom. The number of hydrogen-bond donors (Lipinski definition) is 1. The lowest BCUT2D eigenvalue weighted by Gasteiger charge is -2.08. The zero-order valence-electron chi connectivity index (χ0n) is 10.0. The maximum atomic E-state index is 11.9. The Morgan fingerprint density at radius 2 is 2.15 bits per heavy atom. The van der Waals surface area contributed by atoms with Gasteiger partial charge in [-0.15, -0.1) is 0 Å². The van der Waals surface area contributed by atoms with Crippen LogP contribution in [-0.4, -0.2) is 15.8 Å². The molecule has 0 aliphatic heterocycles. The molecule has 2 heterocycles. The van der Waals surface area contributed by atoms with Crippen LogP contribution in [0.5, 0.6) is 0 Å². The molecule has 0 aromatic carbocycles. The van der Waals surface area contributed by atoms with Crippen molar-refractivity contribution in [2.24, 2.45) is 0 Å². The molecule has 0 saturated heterocycles. The topological polar surface area (TPSA) is 98.3 Å². The van der Waals surface area contributed by atoms with Gasteiger partial charge in [-0.3, -0.25) is 14.9 Å². The average molecular weight is 316 g/mol. The van der Waals surface area contributed by atoms with Gasteiger partial charge in [0.25, 0.3) is 5.91 Å². The van der Waals surface area contributed by atoms with Crippen LogP contribution in [0.25, 0.3) is 0 Å². The number of pyridine rings is 1. The zero-order valence-corrected chi connectivity index (χ0v) is 11.5. The summed E-state index contributed by atoms with van der Waals surface area (Å²) in [6, 6.07) is 3.80. The Balaban J connectivity index is 2.25. The van der Waals surface area contributed by atoms with Crippen LogP contribution in [-0.2, 0) is 0 Å². The second kappa shape index (κ2) is 5.48. The molecule has 2 rings (SSSR count). The maximum Gasteiger partial charge on any atom is 0.433 e. The number of furan rings is 1. The number of carbonyl (C=O) groups is 1. The van der Waals surface area contributed by atoms with E-state index in [1.165, 1.54) is 12.1 Å². The van der Waals surface area contributed by atoms with Gasteiger partial charge in [0.05, 0.1) is 11.8 Å². The van der Waals surface area contributed by atoms with Crippen LogP contribution >= 0.6 is 23.2 Å². The van der Waals surface area contributed by atoms with Gasteiger partial charge in [-0.2, -0.15) is 0 Å². The molecule has 2 aromatic heterocycles. The van der Waals surface area contributed by atoms with Crippen molar-refractivity contribution in [3.05, 3.63) is 49.9 Å². The van der Waals surface area contributed by atoms with E-state index in [1.54, 1.807) is 6.92 Å². The number of halogens is 2. The molecule has 0 spiro atoms. The van der Waals surface area contributed by atoms with Crippen molar-refractivity contribution in [3.63, 3.8) is 0 Å². The molecule has 1 amide bonds. The molecule has 2 aromatic rings. The van der Waals surface area contributed by atoms with Gasteiger partial charge >= 0.3 is 5.88 Å². The van der Waals surface area contributed by atoms with Crippen LogP contribution < -0.4 is 5.32 Å². The first-order valence-corrected chi connectivity index (χ1v) is 6.02. The number of aromatic nitrogens is 1. The SMILES string of the molecule is Cc1cc(Cl)nc(Cl)c1NC(=O)c1ccc([N+](=O)[O-])o1. The predicted molar refractivity (Wildman–Crippen MR) is 72.3 cm³/mol. The van der Waals surface area contributed by atoms with E-state index in [0.717, 1.165) is 6.07 Å². The summed E-state index contributed by atoms with van der Waals surface area (Å²) >= 11 is 11.6. The van der Waals surface area contributed by atoms with Gasteiger partial charge in [-0.25, -0.2) is 4.98 Å². The van der Waals surface area contributed by atoms with Gasteiger partial charge in [0.15, 0.2) is 10.9 Å². The maximum absolute atomic E-state index is 11.9. The number of nitrogens with zero attached hydrogens (tertiary/aromatic N) is 2. The first-order valence-electron chi connectivity index (χ1n) is 5.26. The van der Waals surface area contributed by atoms with Gasteiger partial charge in [0, 0.05) is 0 Å². The van der Waals surface area contributed by atoms with E-state index in [1.807, 2.05) is 0 Å². The fraction of sp³-hybridized carbons (Fsp3) is 0.0909. The molecule has 0 bridgehead atoms. The smallest absolute Gasteiger partial charge is 0.395 e. The second-order valence-electron chi connectivity index (χ2n) is 3.78. The summed E-state index contributed by atoms with van der Waals surface area (Å²) in [5.41, 5.74) is 0.865. The van der Waals surface area contributed by atoms with Gasteiger partial charge in [-0.05, 0) is 24.6 Å². The Labute approximate surface area is 122 Å². The molecule has 0 unspecified atom stereocenters. The molecule has 0 radical (unpaired) electrons. The van der Waals surface area contributed by atoms with Crippen molar-refractivity contribution in [3.8, 4) is 0 Å².